The Kier molecular flexibility index (Phi) is 11.9. The first-order valence-electron chi connectivity index (χ1n) is 15.1. The number of piperidine rings is 1. The average Bonchev–Trinajstić information content (AvgIpc) is 3.45. The molecule has 3 heterocycles. The molecule has 242 valence electrons. The lowest BCUT2D eigenvalue weighted by atomic mass is 9.82. The largest absolute Gasteiger partial charge is 0.493 e. The number of anilines is 1. The summed E-state index contributed by atoms with van der Waals surface area (Å²) < 4.78 is 20.6. The maximum atomic E-state index is 14.9. The van der Waals surface area contributed by atoms with Crippen molar-refractivity contribution in [2.24, 2.45) is 11.3 Å². The van der Waals surface area contributed by atoms with Crippen molar-refractivity contribution in [2.75, 3.05) is 57.5 Å². The van der Waals surface area contributed by atoms with Crippen LogP contribution in [0.15, 0.2) is 30.6 Å². The summed E-state index contributed by atoms with van der Waals surface area (Å²) >= 11 is 5.87. The molecule has 4 N–H and O–H groups in total. The number of Topliss-reactive ketones (excluding diaryl/α,β-unsaturated/α-hetero) is 1. The predicted octanol–water partition coefficient (Wildman–Crippen LogP) is 2.16. The number of carbonyl (C=O) groups excluding carboxylic acids is 2. The smallest absolute Gasteiger partial charge is 0.227 e. The molecule has 44 heavy (non-hydrogen) atoms. The number of ketones is 1. The minimum absolute atomic E-state index is 0.00843. The summed E-state index contributed by atoms with van der Waals surface area (Å²) in [5.74, 6) is 0.149. The van der Waals surface area contributed by atoms with Crippen LogP contribution in [0.3, 0.4) is 0 Å². The number of ether oxygens (including phenoxy) is 1. The number of amides is 1. The molecule has 2 saturated heterocycles. The van der Waals surface area contributed by atoms with Gasteiger partial charge in [0, 0.05) is 44.0 Å². The zero-order chi connectivity index (χ0) is 31.7. The molecule has 2 aromatic rings. The van der Waals surface area contributed by atoms with E-state index >= 15 is 0 Å². The Hall–Kier alpha value is -2.90. The van der Waals surface area contributed by atoms with Gasteiger partial charge in [0.05, 0.1) is 56.8 Å². The first kappa shape index (κ1) is 34.0. The summed E-state index contributed by atoms with van der Waals surface area (Å²) in [7, 11) is 0. The lowest BCUT2D eigenvalue weighted by molar-refractivity contribution is -0.139. The van der Waals surface area contributed by atoms with E-state index in [1.165, 1.54) is 17.0 Å². The molecule has 2 aliphatic heterocycles. The van der Waals surface area contributed by atoms with Crippen LogP contribution in [0.25, 0.3) is 0 Å². The number of aliphatic hydroxyl groups excluding tert-OH is 3. The SMILES string of the molecule is O=C(Cc1ccc(OCCCC2CCN(c3ncc(Cl)cn3)CC2)cc1F)N1CCC(O)(C(=O)CCC(CO)(CO)CO)C1. The fourth-order valence-electron chi connectivity index (χ4n) is 5.72. The van der Waals surface area contributed by atoms with Gasteiger partial charge in [-0.15, -0.1) is 0 Å². The second-order valence-electron chi connectivity index (χ2n) is 12.0. The Morgan fingerprint density at radius 1 is 1.09 bits per heavy atom. The number of aliphatic hydroxyl groups is 4. The highest BCUT2D eigenvalue weighted by Gasteiger charge is 2.44. The van der Waals surface area contributed by atoms with Crippen LogP contribution in [0.4, 0.5) is 10.3 Å². The highest BCUT2D eigenvalue weighted by atomic mass is 35.5. The number of halogens is 2. The number of likely N-dealkylation sites (tertiary alicyclic amines) is 1. The van der Waals surface area contributed by atoms with Crippen LogP contribution in [-0.2, 0) is 16.0 Å². The number of nitrogens with zero attached hydrogens (tertiary/aromatic N) is 4. The predicted molar refractivity (Wildman–Crippen MR) is 161 cm³/mol. The van der Waals surface area contributed by atoms with Gasteiger partial charge in [0.2, 0.25) is 11.9 Å². The summed E-state index contributed by atoms with van der Waals surface area (Å²) in [5, 5.41) is 39.8. The molecule has 0 spiro atoms. The Labute approximate surface area is 261 Å². The number of aromatic nitrogens is 2. The molecule has 13 heteroatoms. The van der Waals surface area contributed by atoms with Crippen molar-refractivity contribution in [1.29, 1.82) is 0 Å². The van der Waals surface area contributed by atoms with Gasteiger partial charge in [0.25, 0.3) is 0 Å². The van der Waals surface area contributed by atoms with Gasteiger partial charge in [-0.2, -0.15) is 0 Å². The summed E-state index contributed by atoms with van der Waals surface area (Å²) in [6.45, 7) is 0.623. The highest BCUT2D eigenvalue weighted by Crippen LogP contribution is 2.29. The fourth-order valence-corrected chi connectivity index (χ4v) is 5.82. The number of β-amino-alcohol motifs (C(OH)–C–C–N with tert-alkyl or cyclic N) is 1. The van der Waals surface area contributed by atoms with Crippen LogP contribution in [0.2, 0.25) is 5.02 Å². The van der Waals surface area contributed by atoms with Crippen LogP contribution >= 0.6 is 11.6 Å². The first-order chi connectivity index (χ1) is 21.1. The van der Waals surface area contributed by atoms with E-state index in [0.717, 1.165) is 38.8 Å². The quantitative estimate of drug-likeness (QED) is 0.214. The molecule has 1 aromatic carbocycles. The van der Waals surface area contributed by atoms with Gasteiger partial charge in [-0.25, -0.2) is 14.4 Å². The molecule has 11 nitrogen and oxygen atoms in total. The summed E-state index contributed by atoms with van der Waals surface area (Å²) in [6, 6.07) is 4.42. The van der Waals surface area contributed by atoms with Crippen molar-refractivity contribution in [1.82, 2.24) is 14.9 Å². The number of benzene rings is 1. The number of carbonyl (C=O) groups is 2. The summed E-state index contributed by atoms with van der Waals surface area (Å²) in [6.07, 6.45) is 6.74. The van der Waals surface area contributed by atoms with Crippen LogP contribution in [-0.4, -0.2) is 105 Å². The second-order valence-corrected chi connectivity index (χ2v) is 12.5. The van der Waals surface area contributed by atoms with Crippen molar-refractivity contribution in [3.8, 4) is 5.75 Å². The topological polar surface area (TPSA) is 157 Å². The molecule has 1 unspecified atom stereocenters. The molecule has 1 amide bonds. The van der Waals surface area contributed by atoms with Gasteiger partial charge in [0.15, 0.2) is 5.78 Å². The Balaban J connectivity index is 1.17. The van der Waals surface area contributed by atoms with Crippen molar-refractivity contribution >= 4 is 29.2 Å². The van der Waals surface area contributed by atoms with Gasteiger partial charge in [0.1, 0.15) is 17.2 Å². The van der Waals surface area contributed by atoms with Crippen LogP contribution in [0.1, 0.15) is 50.5 Å². The van der Waals surface area contributed by atoms with E-state index in [0.29, 0.717) is 29.2 Å². The number of hydrogen-bond donors (Lipinski definition) is 4. The Morgan fingerprint density at radius 2 is 1.77 bits per heavy atom. The molecule has 0 bridgehead atoms. The van der Waals surface area contributed by atoms with Crippen molar-refractivity contribution in [2.45, 2.75) is 57.0 Å². The minimum Gasteiger partial charge on any atom is -0.493 e. The molecular formula is C31H42ClFN4O7. The Morgan fingerprint density at radius 3 is 2.41 bits per heavy atom. The third-order valence-electron chi connectivity index (χ3n) is 8.90. The zero-order valence-corrected chi connectivity index (χ0v) is 25.6. The van der Waals surface area contributed by atoms with Crippen molar-refractivity contribution in [3.05, 3.63) is 47.0 Å². The van der Waals surface area contributed by atoms with Gasteiger partial charge in [-0.05, 0) is 49.7 Å². The fraction of sp³-hybridized carbons (Fsp3) is 0.613. The molecule has 0 saturated carbocycles. The normalized spacial score (nSPS) is 19.4. The van der Waals surface area contributed by atoms with E-state index in [-0.39, 0.29) is 44.3 Å². The lowest BCUT2D eigenvalue weighted by Gasteiger charge is -2.31. The molecule has 1 aromatic heterocycles. The number of hydrogen-bond acceptors (Lipinski definition) is 10. The second kappa shape index (κ2) is 15.4. The first-order valence-corrected chi connectivity index (χ1v) is 15.5. The maximum Gasteiger partial charge on any atom is 0.227 e. The zero-order valence-electron chi connectivity index (χ0n) is 24.8. The molecular weight excluding hydrogens is 595 g/mol. The van der Waals surface area contributed by atoms with E-state index in [9.17, 15) is 34.4 Å². The molecule has 2 aliphatic rings. The van der Waals surface area contributed by atoms with Crippen LogP contribution in [0.5, 0.6) is 5.75 Å². The summed E-state index contributed by atoms with van der Waals surface area (Å²) in [4.78, 5) is 37.7. The standard InChI is InChI=1S/C31H42ClFN4O7/c32-24-16-34-29(35-17-24)36-10-6-22(7-11-36)2-1-13-44-25-4-3-23(26(33)15-25)14-28(42)37-12-9-31(43,18-37)27(41)5-8-30(19-38,20-39)21-40/h3-4,15-17,22,38-40,43H,1-2,5-14,18-21H2. The average molecular weight is 637 g/mol. The third-order valence-corrected chi connectivity index (χ3v) is 9.10. The highest BCUT2D eigenvalue weighted by molar-refractivity contribution is 6.30. The molecule has 1 atom stereocenters. The van der Waals surface area contributed by atoms with E-state index in [1.54, 1.807) is 18.5 Å². The monoisotopic (exact) mass is 636 g/mol. The van der Waals surface area contributed by atoms with Gasteiger partial charge in [-0.3, -0.25) is 9.59 Å². The van der Waals surface area contributed by atoms with Crippen molar-refractivity contribution in [3.63, 3.8) is 0 Å². The van der Waals surface area contributed by atoms with Gasteiger partial charge in [-0.1, -0.05) is 17.7 Å². The molecule has 4 rings (SSSR count). The van der Waals surface area contributed by atoms with Crippen molar-refractivity contribution < 1.29 is 39.1 Å². The van der Waals surface area contributed by atoms with E-state index < -0.39 is 48.3 Å². The maximum absolute atomic E-state index is 14.9. The molecule has 0 radical (unpaired) electrons. The van der Waals surface area contributed by atoms with Crippen LogP contribution in [0, 0.1) is 17.2 Å². The van der Waals surface area contributed by atoms with E-state index in [4.69, 9.17) is 16.3 Å². The van der Waals surface area contributed by atoms with E-state index in [2.05, 4.69) is 14.9 Å². The minimum atomic E-state index is -1.76. The lowest BCUT2D eigenvalue weighted by Crippen LogP contribution is -2.44. The van der Waals surface area contributed by atoms with Crippen LogP contribution < -0.4 is 9.64 Å². The van der Waals surface area contributed by atoms with E-state index in [1.807, 2.05) is 0 Å². The molecule has 0 aliphatic carbocycles. The molecule has 2 fully saturated rings. The Bertz CT molecular complexity index is 1250. The number of rotatable bonds is 15. The summed E-state index contributed by atoms with van der Waals surface area (Å²) in [5.41, 5.74) is -2.79. The van der Waals surface area contributed by atoms with Gasteiger partial charge >= 0.3 is 0 Å². The third kappa shape index (κ3) is 8.63. The van der Waals surface area contributed by atoms with Gasteiger partial charge < -0.3 is 35.0 Å².